The highest BCUT2D eigenvalue weighted by atomic mass is 16.5. The first-order chi connectivity index (χ1) is 14.6. The summed E-state index contributed by atoms with van der Waals surface area (Å²) < 4.78 is 5.20. The number of ether oxygens (including phenoxy) is 1. The van der Waals surface area contributed by atoms with Crippen molar-refractivity contribution in [3.8, 4) is 5.75 Å². The van der Waals surface area contributed by atoms with Crippen molar-refractivity contribution in [1.82, 2.24) is 14.9 Å². The van der Waals surface area contributed by atoms with Gasteiger partial charge in [-0.3, -0.25) is 4.79 Å². The maximum atomic E-state index is 12.8. The number of methoxy groups -OCH3 is 1. The van der Waals surface area contributed by atoms with E-state index in [0.717, 1.165) is 57.0 Å². The largest absolute Gasteiger partial charge is 0.497 e. The molecule has 1 aliphatic carbocycles. The average Bonchev–Trinajstić information content (AvgIpc) is 3.46. The number of aryl methyl sites for hydroxylation is 3. The molecule has 0 bridgehead atoms. The summed E-state index contributed by atoms with van der Waals surface area (Å²) in [7, 11) is 1.67. The van der Waals surface area contributed by atoms with E-state index in [2.05, 4.69) is 14.8 Å². The molecule has 2 saturated heterocycles. The van der Waals surface area contributed by atoms with Crippen molar-refractivity contribution in [3.05, 3.63) is 46.9 Å². The van der Waals surface area contributed by atoms with Crippen molar-refractivity contribution in [2.24, 2.45) is 11.8 Å². The molecule has 1 aromatic carbocycles. The van der Waals surface area contributed by atoms with Gasteiger partial charge in [-0.15, -0.1) is 0 Å². The fourth-order valence-corrected chi connectivity index (χ4v) is 5.37. The summed E-state index contributed by atoms with van der Waals surface area (Å²) in [5.74, 6) is 4.31. The number of hydrogen-bond acceptors (Lipinski definition) is 5. The molecule has 6 nitrogen and oxygen atoms in total. The second-order valence-corrected chi connectivity index (χ2v) is 8.95. The number of fused-ring (bicyclic) bond motifs is 2. The SMILES string of the molecule is COc1ccc(CCC(=O)N2CC3CN(c4nc(C)nc5c4CCC5)CC3C2)cc1. The van der Waals surface area contributed by atoms with Gasteiger partial charge in [0.25, 0.3) is 0 Å². The monoisotopic (exact) mass is 406 g/mol. The third kappa shape index (κ3) is 3.64. The van der Waals surface area contributed by atoms with Gasteiger partial charge in [0, 0.05) is 55.7 Å². The second kappa shape index (κ2) is 7.89. The van der Waals surface area contributed by atoms with E-state index in [-0.39, 0.29) is 5.91 Å². The lowest BCUT2D eigenvalue weighted by atomic mass is 10.0. The molecule has 3 aliphatic rings. The number of carbonyl (C=O) groups is 1. The Bertz CT molecular complexity index is 929. The van der Waals surface area contributed by atoms with E-state index < -0.39 is 0 Å². The van der Waals surface area contributed by atoms with Gasteiger partial charge < -0.3 is 14.5 Å². The zero-order valence-corrected chi connectivity index (χ0v) is 17.9. The van der Waals surface area contributed by atoms with Crippen LogP contribution in [0.1, 0.15) is 35.5 Å². The van der Waals surface area contributed by atoms with E-state index >= 15 is 0 Å². The predicted molar refractivity (Wildman–Crippen MR) is 116 cm³/mol. The number of nitrogens with zero attached hydrogens (tertiary/aromatic N) is 4. The van der Waals surface area contributed by atoms with Gasteiger partial charge in [-0.25, -0.2) is 9.97 Å². The number of aromatic nitrogens is 2. The van der Waals surface area contributed by atoms with Crippen molar-refractivity contribution in [2.45, 2.75) is 39.0 Å². The third-order valence-corrected chi connectivity index (χ3v) is 6.95. The van der Waals surface area contributed by atoms with E-state index in [4.69, 9.17) is 9.72 Å². The zero-order valence-electron chi connectivity index (χ0n) is 17.9. The van der Waals surface area contributed by atoms with Gasteiger partial charge >= 0.3 is 0 Å². The Labute approximate surface area is 178 Å². The molecule has 0 saturated carbocycles. The molecule has 3 heterocycles. The van der Waals surface area contributed by atoms with Gasteiger partial charge in [-0.05, 0) is 50.3 Å². The number of carbonyl (C=O) groups excluding carboxylic acids is 1. The fraction of sp³-hybridized carbons (Fsp3) is 0.542. The molecule has 2 aromatic rings. The molecule has 2 atom stereocenters. The first-order valence-electron chi connectivity index (χ1n) is 11.1. The molecule has 30 heavy (non-hydrogen) atoms. The lowest BCUT2D eigenvalue weighted by Crippen LogP contribution is -2.34. The van der Waals surface area contributed by atoms with Crippen molar-refractivity contribution in [2.75, 3.05) is 38.2 Å². The van der Waals surface area contributed by atoms with Gasteiger partial charge in [0.05, 0.1) is 7.11 Å². The summed E-state index contributed by atoms with van der Waals surface area (Å²) >= 11 is 0. The summed E-state index contributed by atoms with van der Waals surface area (Å²) in [6.07, 6.45) is 4.74. The van der Waals surface area contributed by atoms with E-state index in [1.807, 2.05) is 31.2 Å². The summed E-state index contributed by atoms with van der Waals surface area (Å²) in [5.41, 5.74) is 3.81. The summed E-state index contributed by atoms with van der Waals surface area (Å²) in [6.45, 7) is 5.79. The zero-order chi connectivity index (χ0) is 20.7. The fourth-order valence-electron chi connectivity index (χ4n) is 5.37. The Morgan fingerprint density at radius 3 is 2.50 bits per heavy atom. The van der Waals surface area contributed by atoms with Crippen molar-refractivity contribution in [3.63, 3.8) is 0 Å². The molecule has 0 spiro atoms. The van der Waals surface area contributed by atoms with Gasteiger partial charge in [0.2, 0.25) is 5.91 Å². The smallest absolute Gasteiger partial charge is 0.222 e. The highest BCUT2D eigenvalue weighted by Gasteiger charge is 2.42. The molecule has 158 valence electrons. The Balaban J connectivity index is 1.18. The molecule has 2 fully saturated rings. The Morgan fingerprint density at radius 2 is 1.80 bits per heavy atom. The van der Waals surface area contributed by atoms with Crippen LogP contribution in [0.2, 0.25) is 0 Å². The van der Waals surface area contributed by atoms with Crippen LogP contribution in [0.3, 0.4) is 0 Å². The van der Waals surface area contributed by atoms with Crippen molar-refractivity contribution >= 4 is 11.7 Å². The minimum absolute atomic E-state index is 0.283. The molecular formula is C24H30N4O2. The average molecular weight is 407 g/mol. The second-order valence-electron chi connectivity index (χ2n) is 8.95. The van der Waals surface area contributed by atoms with Crippen LogP contribution in [-0.4, -0.2) is 54.1 Å². The van der Waals surface area contributed by atoms with Crippen LogP contribution in [0.5, 0.6) is 5.75 Å². The predicted octanol–water partition coefficient (Wildman–Crippen LogP) is 2.81. The molecule has 1 aromatic heterocycles. The van der Waals surface area contributed by atoms with E-state index in [1.165, 1.54) is 29.1 Å². The highest BCUT2D eigenvalue weighted by Crippen LogP contribution is 2.37. The number of anilines is 1. The van der Waals surface area contributed by atoms with Crippen LogP contribution in [0, 0.1) is 18.8 Å². The molecule has 5 rings (SSSR count). The van der Waals surface area contributed by atoms with Crippen LogP contribution >= 0.6 is 0 Å². The summed E-state index contributed by atoms with van der Waals surface area (Å²) in [6, 6.07) is 8.01. The molecule has 2 aliphatic heterocycles. The lowest BCUT2D eigenvalue weighted by Gasteiger charge is -2.24. The first-order valence-corrected chi connectivity index (χ1v) is 11.1. The lowest BCUT2D eigenvalue weighted by molar-refractivity contribution is -0.130. The normalized spacial score (nSPS) is 22.3. The number of rotatable bonds is 5. The van der Waals surface area contributed by atoms with Gasteiger partial charge in [0.15, 0.2) is 0 Å². The Hall–Kier alpha value is -2.63. The van der Waals surface area contributed by atoms with Gasteiger partial charge in [0.1, 0.15) is 17.4 Å². The van der Waals surface area contributed by atoms with Crippen LogP contribution in [0.15, 0.2) is 24.3 Å². The minimum Gasteiger partial charge on any atom is -0.497 e. The number of likely N-dealkylation sites (tertiary alicyclic amines) is 1. The van der Waals surface area contributed by atoms with Crippen LogP contribution in [0.25, 0.3) is 0 Å². The van der Waals surface area contributed by atoms with Crippen molar-refractivity contribution < 1.29 is 9.53 Å². The summed E-state index contributed by atoms with van der Waals surface area (Å²) in [4.78, 5) is 26.8. The summed E-state index contributed by atoms with van der Waals surface area (Å²) in [5, 5.41) is 0. The third-order valence-electron chi connectivity index (χ3n) is 6.95. The van der Waals surface area contributed by atoms with Crippen LogP contribution in [-0.2, 0) is 24.1 Å². The molecule has 6 heteroatoms. The minimum atomic E-state index is 0.283. The number of benzene rings is 1. The van der Waals surface area contributed by atoms with Crippen molar-refractivity contribution in [1.29, 1.82) is 0 Å². The first kappa shape index (κ1) is 19.3. The molecule has 0 N–H and O–H groups in total. The van der Waals surface area contributed by atoms with E-state index in [9.17, 15) is 4.79 Å². The quantitative estimate of drug-likeness (QED) is 0.764. The topological polar surface area (TPSA) is 58.6 Å². The van der Waals surface area contributed by atoms with Crippen LogP contribution in [0.4, 0.5) is 5.82 Å². The Kier molecular flexibility index (Phi) is 5.09. The van der Waals surface area contributed by atoms with Gasteiger partial charge in [-0.1, -0.05) is 12.1 Å². The maximum Gasteiger partial charge on any atom is 0.222 e. The standard InChI is InChI=1S/C24H30N4O2/c1-16-25-22-5-3-4-21(22)24(26-16)28-14-18-12-27(13-19(18)15-28)23(29)11-8-17-6-9-20(30-2)10-7-17/h6-7,9-10,18-19H,3-5,8,11-15H2,1-2H3. The molecule has 2 unspecified atom stereocenters. The maximum absolute atomic E-state index is 12.8. The van der Waals surface area contributed by atoms with Crippen LogP contribution < -0.4 is 9.64 Å². The van der Waals surface area contributed by atoms with Gasteiger partial charge in [-0.2, -0.15) is 0 Å². The highest BCUT2D eigenvalue weighted by molar-refractivity contribution is 5.77. The van der Waals surface area contributed by atoms with E-state index in [1.54, 1.807) is 7.11 Å². The number of amides is 1. The molecule has 0 radical (unpaired) electrons. The molecular weight excluding hydrogens is 376 g/mol. The van der Waals surface area contributed by atoms with E-state index in [0.29, 0.717) is 18.3 Å². The molecule has 1 amide bonds. The number of hydrogen-bond donors (Lipinski definition) is 0. The Morgan fingerprint density at radius 1 is 1.07 bits per heavy atom.